The Balaban J connectivity index is 2.78. The van der Waals surface area contributed by atoms with Crippen molar-refractivity contribution in [2.24, 2.45) is 5.84 Å². The van der Waals surface area contributed by atoms with Gasteiger partial charge in [-0.2, -0.15) is 0 Å². The van der Waals surface area contributed by atoms with Gasteiger partial charge in [0.15, 0.2) is 0 Å². The Morgan fingerprint density at radius 3 is 2.50 bits per heavy atom. The first-order chi connectivity index (χ1) is 6.63. The van der Waals surface area contributed by atoms with Crippen LogP contribution in [0.25, 0.3) is 0 Å². The van der Waals surface area contributed by atoms with Crippen LogP contribution in [0.5, 0.6) is 0 Å². The number of nitrogens with two attached hydrogens (primary N) is 1. The molecule has 1 atom stereocenters. The minimum absolute atomic E-state index is 0.153. The van der Waals surface area contributed by atoms with Crippen molar-refractivity contribution in [2.75, 3.05) is 0 Å². The normalized spacial score (nSPS) is 12.5. The Morgan fingerprint density at radius 1 is 1.50 bits per heavy atom. The molecule has 0 fully saturated rings. The fourth-order valence-corrected chi connectivity index (χ4v) is 1.58. The van der Waals surface area contributed by atoms with Gasteiger partial charge in [-0.25, -0.2) is 0 Å². The highest BCUT2D eigenvalue weighted by Gasteiger charge is 2.08. The molecule has 1 rings (SSSR count). The summed E-state index contributed by atoms with van der Waals surface area (Å²) < 4.78 is 1.08. The van der Waals surface area contributed by atoms with Gasteiger partial charge in [0.1, 0.15) is 0 Å². The maximum atomic E-state index is 5.49. The zero-order chi connectivity index (χ0) is 10.6. The van der Waals surface area contributed by atoms with Gasteiger partial charge in [-0.15, -0.1) is 6.58 Å². The van der Waals surface area contributed by atoms with E-state index in [1.807, 2.05) is 19.1 Å². The zero-order valence-corrected chi connectivity index (χ0v) is 9.84. The van der Waals surface area contributed by atoms with Crippen LogP contribution in [0.1, 0.15) is 24.9 Å². The molecule has 0 amide bonds. The van der Waals surface area contributed by atoms with Crippen LogP contribution in [0.3, 0.4) is 0 Å². The van der Waals surface area contributed by atoms with E-state index < -0.39 is 0 Å². The number of rotatable bonds is 4. The van der Waals surface area contributed by atoms with Crippen LogP contribution in [0.15, 0.2) is 40.9 Å². The topological polar surface area (TPSA) is 38.0 Å². The van der Waals surface area contributed by atoms with Gasteiger partial charge >= 0.3 is 0 Å². The molecule has 76 valence electrons. The summed E-state index contributed by atoms with van der Waals surface area (Å²) in [5.41, 5.74) is 5.09. The second-order valence-corrected chi connectivity index (χ2v) is 4.35. The van der Waals surface area contributed by atoms with Crippen molar-refractivity contribution >= 4 is 15.9 Å². The van der Waals surface area contributed by atoms with Crippen molar-refractivity contribution in [3.63, 3.8) is 0 Å². The smallest absolute Gasteiger partial charge is 0.0496 e. The van der Waals surface area contributed by atoms with Crippen molar-refractivity contribution in [3.05, 3.63) is 46.5 Å². The van der Waals surface area contributed by atoms with Crippen molar-refractivity contribution in [1.29, 1.82) is 0 Å². The fourth-order valence-electron chi connectivity index (χ4n) is 1.32. The maximum absolute atomic E-state index is 5.49. The van der Waals surface area contributed by atoms with E-state index in [9.17, 15) is 0 Å². The molecular formula is C11H15BrN2. The molecule has 0 aliphatic rings. The number of hydrogen-bond acceptors (Lipinski definition) is 2. The largest absolute Gasteiger partial charge is 0.271 e. The van der Waals surface area contributed by atoms with E-state index in [1.165, 1.54) is 5.56 Å². The van der Waals surface area contributed by atoms with Gasteiger partial charge in [0.25, 0.3) is 0 Å². The minimum Gasteiger partial charge on any atom is -0.271 e. The lowest BCUT2D eigenvalue weighted by molar-refractivity contribution is 0.550. The summed E-state index contributed by atoms with van der Waals surface area (Å²) in [6.07, 6.45) is 0.859. The lowest BCUT2D eigenvalue weighted by Gasteiger charge is -2.16. The standard InChI is InChI=1S/C11H15BrN2/c1-8(2)7-11(14-13)9-3-5-10(12)6-4-9/h3-6,11,14H,1,7,13H2,2H3. The molecule has 3 N–H and O–H groups in total. The van der Waals surface area contributed by atoms with Crippen LogP contribution < -0.4 is 11.3 Å². The molecule has 1 aromatic carbocycles. The average molecular weight is 255 g/mol. The zero-order valence-electron chi connectivity index (χ0n) is 8.26. The molecule has 14 heavy (non-hydrogen) atoms. The van der Waals surface area contributed by atoms with Crippen LogP contribution in [0.4, 0.5) is 0 Å². The first-order valence-electron chi connectivity index (χ1n) is 4.49. The van der Waals surface area contributed by atoms with E-state index in [4.69, 9.17) is 5.84 Å². The van der Waals surface area contributed by atoms with Crippen molar-refractivity contribution in [2.45, 2.75) is 19.4 Å². The SMILES string of the molecule is C=C(C)CC(NN)c1ccc(Br)cc1. The second kappa shape index (κ2) is 5.29. The van der Waals surface area contributed by atoms with Gasteiger partial charge < -0.3 is 0 Å². The molecule has 0 bridgehead atoms. The third-order valence-corrected chi connectivity index (χ3v) is 2.55. The summed E-state index contributed by atoms with van der Waals surface area (Å²) in [5, 5.41) is 0. The quantitative estimate of drug-likeness (QED) is 0.493. The Bertz CT molecular complexity index is 306. The number of hydrogen-bond donors (Lipinski definition) is 2. The van der Waals surface area contributed by atoms with Crippen LogP contribution in [-0.2, 0) is 0 Å². The summed E-state index contributed by atoms with van der Waals surface area (Å²) in [6.45, 7) is 5.88. The van der Waals surface area contributed by atoms with Gasteiger partial charge in [-0.3, -0.25) is 11.3 Å². The van der Waals surface area contributed by atoms with E-state index in [1.54, 1.807) is 0 Å². The van der Waals surface area contributed by atoms with Crippen molar-refractivity contribution in [1.82, 2.24) is 5.43 Å². The van der Waals surface area contributed by atoms with E-state index in [-0.39, 0.29) is 6.04 Å². The summed E-state index contributed by atoms with van der Waals surface area (Å²) >= 11 is 3.40. The summed E-state index contributed by atoms with van der Waals surface area (Å²) in [7, 11) is 0. The van der Waals surface area contributed by atoms with Gasteiger partial charge in [-0.1, -0.05) is 33.6 Å². The number of halogens is 1. The Labute approximate surface area is 93.3 Å². The Hall–Kier alpha value is -0.640. The summed E-state index contributed by atoms with van der Waals surface area (Å²) in [5.74, 6) is 5.49. The summed E-state index contributed by atoms with van der Waals surface area (Å²) in [6, 6.07) is 8.28. The van der Waals surface area contributed by atoms with Gasteiger partial charge in [-0.05, 0) is 31.0 Å². The van der Waals surface area contributed by atoms with Crippen molar-refractivity contribution in [3.8, 4) is 0 Å². The van der Waals surface area contributed by atoms with E-state index >= 15 is 0 Å². The molecule has 0 radical (unpaired) electrons. The van der Waals surface area contributed by atoms with Crippen molar-refractivity contribution < 1.29 is 0 Å². The molecule has 0 heterocycles. The highest BCUT2D eigenvalue weighted by atomic mass is 79.9. The molecule has 0 saturated heterocycles. The lowest BCUT2D eigenvalue weighted by atomic mass is 10.0. The fraction of sp³-hybridized carbons (Fsp3) is 0.273. The molecule has 0 saturated carbocycles. The van der Waals surface area contributed by atoms with Gasteiger partial charge in [0, 0.05) is 10.5 Å². The second-order valence-electron chi connectivity index (χ2n) is 3.43. The van der Waals surface area contributed by atoms with E-state index in [2.05, 4.69) is 40.1 Å². The molecule has 1 unspecified atom stereocenters. The highest BCUT2D eigenvalue weighted by molar-refractivity contribution is 9.10. The van der Waals surface area contributed by atoms with Gasteiger partial charge in [0.05, 0.1) is 0 Å². The molecular weight excluding hydrogens is 240 g/mol. The Morgan fingerprint density at radius 2 is 2.07 bits per heavy atom. The minimum atomic E-state index is 0.153. The molecule has 0 aliphatic heterocycles. The number of benzene rings is 1. The molecule has 0 spiro atoms. The molecule has 1 aromatic rings. The lowest BCUT2D eigenvalue weighted by Crippen LogP contribution is -2.28. The summed E-state index contributed by atoms with van der Waals surface area (Å²) in [4.78, 5) is 0. The predicted octanol–water partition coefficient (Wildman–Crippen LogP) is 2.92. The number of hydrazine groups is 1. The van der Waals surface area contributed by atoms with E-state index in [0.717, 1.165) is 16.5 Å². The molecule has 3 heteroatoms. The van der Waals surface area contributed by atoms with Crippen LogP contribution in [0.2, 0.25) is 0 Å². The number of nitrogens with one attached hydrogen (secondary N) is 1. The monoisotopic (exact) mass is 254 g/mol. The maximum Gasteiger partial charge on any atom is 0.0496 e. The molecule has 2 nitrogen and oxygen atoms in total. The highest BCUT2D eigenvalue weighted by Crippen LogP contribution is 2.21. The average Bonchev–Trinajstić information content (AvgIpc) is 2.15. The van der Waals surface area contributed by atoms with Gasteiger partial charge in [0.2, 0.25) is 0 Å². The predicted molar refractivity (Wildman–Crippen MR) is 63.6 cm³/mol. The molecule has 0 aliphatic carbocycles. The van der Waals surface area contributed by atoms with E-state index in [0.29, 0.717) is 0 Å². The van der Waals surface area contributed by atoms with Crippen LogP contribution >= 0.6 is 15.9 Å². The molecule has 0 aromatic heterocycles. The first-order valence-corrected chi connectivity index (χ1v) is 5.28. The van der Waals surface area contributed by atoms with Crippen LogP contribution in [-0.4, -0.2) is 0 Å². The third kappa shape index (κ3) is 3.25. The third-order valence-electron chi connectivity index (χ3n) is 2.03. The first kappa shape index (κ1) is 11.4. The Kier molecular flexibility index (Phi) is 4.32. The van der Waals surface area contributed by atoms with Crippen LogP contribution in [0, 0.1) is 0 Å².